The van der Waals surface area contributed by atoms with Gasteiger partial charge in [0.1, 0.15) is 5.54 Å². The highest BCUT2D eigenvalue weighted by Gasteiger charge is 2.50. The third-order valence-corrected chi connectivity index (χ3v) is 4.76. The van der Waals surface area contributed by atoms with E-state index in [9.17, 15) is 4.79 Å². The fraction of sp³-hybridized carbons (Fsp3) is 0.562. The molecule has 1 aromatic carbocycles. The lowest BCUT2D eigenvalue weighted by molar-refractivity contribution is -0.125. The number of para-hydroxylation sites is 1. The molecule has 0 aliphatic carbocycles. The molecule has 1 N–H and O–H groups in total. The van der Waals surface area contributed by atoms with Crippen molar-refractivity contribution in [3.05, 3.63) is 30.3 Å². The van der Waals surface area contributed by atoms with Crippen LogP contribution in [0.3, 0.4) is 0 Å². The smallest absolute Gasteiger partial charge is 0.247 e. The minimum Gasteiger partial charge on any atom is -0.339 e. The van der Waals surface area contributed by atoms with Crippen molar-refractivity contribution >= 4 is 11.6 Å². The Balaban J connectivity index is 1.85. The van der Waals surface area contributed by atoms with Crippen LogP contribution in [0.2, 0.25) is 0 Å². The fourth-order valence-corrected chi connectivity index (χ4v) is 3.44. The number of carbonyl (C=O) groups is 1. The van der Waals surface area contributed by atoms with Gasteiger partial charge >= 0.3 is 0 Å². The third kappa shape index (κ3) is 2.08. The van der Waals surface area contributed by atoms with E-state index in [0.717, 1.165) is 31.6 Å². The molecule has 2 heterocycles. The number of nitrogens with zero attached hydrogens (tertiary/aromatic N) is 2. The number of carbonyl (C=O) groups excluding carboxylic acids is 1. The fourth-order valence-electron chi connectivity index (χ4n) is 3.44. The van der Waals surface area contributed by atoms with Crippen LogP contribution in [0, 0.1) is 0 Å². The molecule has 0 atom stereocenters. The number of piperidine rings is 1. The molecule has 2 saturated heterocycles. The molecule has 0 aromatic heterocycles. The molecule has 0 saturated carbocycles. The van der Waals surface area contributed by atoms with Gasteiger partial charge in [-0.25, -0.2) is 0 Å². The van der Waals surface area contributed by atoms with Gasteiger partial charge in [-0.05, 0) is 38.8 Å². The van der Waals surface area contributed by atoms with Gasteiger partial charge in [0, 0.05) is 24.8 Å². The molecule has 4 nitrogen and oxygen atoms in total. The molecule has 1 amide bonds. The van der Waals surface area contributed by atoms with E-state index in [1.807, 2.05) is 18.2 Å². The average Bonchev–Trinajstić information content (AvgIpc) is 2.78. The topological polar surface area (TPSA) is 35.6 Å². The predicted octanol–water partition coefficient (Wildman–Crippen LogP) is 1.82. The van der Waals surface area contributed by atoms with Crippen LogP contribution < -0.4 is 10.2 Å². The summed E-state index contributed by atoms with van der Waals surface area (Å²) in [6, 6.07) is 10.8. The highest BCUT2D eigenvalue weighted by molar-refractivity contribution is 5.93. The van der Waals surface area contributed by atoms with Crippen LogP contribution in [0.25, 0.3) is 0 Å². The highest BCUT2D eigenvalue weighted by Crippen LogP contribution is 2.36. The SMILES string of the molecule is CC(C)N1CCC2(CC1)C(=O)NCN2c1ccccc1. The molecule has 1 aromatic rings. The van der Waals surface area contributed by atoms with Crippen molar-refractivity contribution in [2.24, 2.45) is 0 Å². The van der Waals surface area contributed by atoms with Crippen molar-refractivity contribution in [3.63, 3.8) is 0 Å². The van der Waals surface area contributed by atoms with E-state index in [1.54, 1.807) is 0 Å². The molecule has 3 rings (SSSR count). The van der Waals surface area contributed by atoms with Crippen molar-refractivity contribution in [3.8, 4) is 0 Å². The molecule has 0 radical (unpaired) electrons. The summed E-state index contributed by atoms with van der Waals surface area (Å²) in [4.78, 5) is 17.2. The van der Waals surface area contributed by atoms with Gasteiger partial charge in [0.25, 0.3) is 0 Å². The van der Waals surface area contributed by atoms with Crippen LogP contribution in [0.1, 0.15) is 26.7 Å². The Bertz CT molecular complexity index is 478. The van der Waals surface area contributed by atoms with Gasteiger partial charge in [-0.1, -0.05) is 18.2 Å². The first-order valence-electron chi connectivity index (χ1n) is 7.48. The minimum atomic E-state index is -0.341. The molecule has 0 bridgehead atoms. The second kappa shape index (κ2) is 5.09. The van der Waals surface area contributed by atoms with Crippen molar-refractivity contribution in [2.75, 3.05) is 24.7 Å². The zero-order valence-corrected chi connectivity index (χ0v) is 12.3. The maximum absolute atomic E-state index is 12.4. The summed E-state index contributed by atoms with van der Waals surface area (Å²) in [5.74, 6) is 0.199. The van der Waals surface area contributed by atoms with E-state index in [-0.39, 0.29) is 11.4 Å². The summed E-state index contributed by atoms with van der Waals surface area (Å²) in [5, 5.41) is 3.04. The van der Waals surface area contributed by atoms with Crippen molar-refractivity contribution in [1.82, 2.24) is 10.2 Å². The third-order valence-electron chi connectivity index (χ3n) is 4.76. The molecular formula is C16H23N3O. The molecule has 1 spiro atoms. The largest absolute Gasteiger partial charge is 0.339 e. The molecule has 2 aliphatic rings. The number of hydrogen-bond donors (Lipinski definition) is 1. The molecular weight excluding hydrogens is 250 g/mol. The lowest BCUT2D eigenvalue weighted by Crippen LogP contribution is -2.57. The number of nitrogens with one attached hydrogen (secondary N) is 1. The van der Waals surface area contributed by atoms with Crippen molar-refractivity contribution in [1.29, 1.82) is 0 Å². The van der Waals surface area contributed by atoms with Crippen LogP contribution in [0.4, 0.5) is 5.69 Å². The maximum Gasteiger partial charge on any atom is 0.247 e. The maximum atomic E-state index is 12.4. The first kappa shape index (κ1) is 13.4. The first-order chi connectivity index (χ1) is 9.63. The zero-order valence-electron chi connectivity index (χ0n) is 12.3. The number of likely N-dealkylation sites (tertiary alicyclic amines) is 1. The van der Waals surface area contributed by atoms with E-state index in [2.05, 4.69) is 41.1 Å². The average molecular weight is 273 g/mol. The van der Waals surface area contributed by atoms with Gasteiger partial charge in [-0.15, -0.1) is 0 Å². The Morgan fingerprint density at radius 2 is 1.80 bits per heavy atom. The number of hydrogen-bond acceptors (Lipinski definition) is 3. The van der Waals surface area contributed by atoms with Gasteiger partial charge in [0.15, 0.2) is 0 Å². The Kier molecular flexibility index (Phi) is 3.42. The predicted molar refractivity (Wildman–Crippen MR) is 80.6 cm³/mol. The van der Waals surface area contributed by atoms with Gasteiger partial charge < -0.3 is 15.1 Å². The Hall–Kier alpha value is -1.55. The monoisotopic (exact) mass is 273 g/mol. The Morgan fingerprint density at radius 3 is 2.40 bits per heavy atom. The summed E-state index contributed by atoms with van der Waals surface area (Å²) < 4.78 is 0. The highest BCUT2D eigenvalue weighted by atomic mass is 16.2. The van der Waals surface area contributed by atoms with E-state index in [1.165, 1.54) is 0 Å². The summed E-state index contributed by atoms with van der Waals surface area (Å²) in [7, 11) is 0. The molecule has 108 valence electrons. The summed E-state index contributed by atoms with van der Waals surface area (Å²) in [6.45, 7) is 7.07. The van der Waals surface area contributed by atoms with E-state index in [4.69, 9.17) is 0 Å². The van der Waals surface area contributed by atoms with E-state index in [0.29, 0.717) is 12.7 Å². The van der Waals surface area contributed by atoms with E-state index >= 15 is 0 Å². The van der Waals surface area contributed by atoms with Gasteiger partial charge in [0.2, 0.25) is 5.91 Å². The number of anilines is 1. The summed E-state index contributed by atoms with van der Waals surface area (Å²) >= 11 is 0. The van der Waals surface area contributed by atoms with Crippen LogP contribution in [0.15, 0.2) is 30.3 Å². The summed E-state index contributed by atoms with van der Waals surface area (Å²) in [5.41, 5.74) is 0.802. The van der Waals surface area contributed by atoms with Gasteiger partial charge in [-0.2, -0.15) is 0 Å². The molecule has 0 unspecified atom stereocenters. The van der Waals surface area contributed by atoms with Crippen molar-refractivity contribution in [2.45, 2.75) is 38.3 Å². The molecule has 2 fully saturated rings. The lowest BCUT2D eigenvalue weighted by atomic mass is 9.85. The molecule has 4 heteroatoms. The van der Waals surface area contributed by atoms with Crippen LogP contribution in [-0.2, 0) is 4.79 Å². The number of benzene rings is 1. The molecule has 20 heavy (non-hydrogen) atoms. The number of amides is 1. The normalized spacial score (nSPS) is 22.6. The van der Waals surface area contributed by atoms with Crippen LogP contribution >= 0.6 is 0 Å². The van der Waals surface area contributed by atoms with Crippen molar-refractivity contribution < 1.29 is 4.79 Å². The zero-order chi connectivity index (χ0) is 14.2. The molecule has 2 aliphatic heterocycles. The lowest BCUT2D eigenvalue weighted by Gasteiger charge is -2.44. The van der Waals surface area contributed by atoms with Gasteiger partial charge in [0.05, 0.1) is 6.67 Å². The Labute approximate surface area is 120 Å². The van der Waals surface area contributed by atoms with Crippen LogP contribution in [0.5, 0.6) is 0 Å². The van der Waals surface area contributed by atoms with Gasteiger partial charge in [-0.3, -0.25) is 4.79 Å². The summed E-state index contributed by atoms with van der Waals surface area (Å²) in [6.07, 6.45) is 1.82. The minimum absolute atomic E-state index is 0.199. The van der Waals surface area contributed by atoms with Crippen LogP contribution in [-0.4, -0.2) is 42.1 Å². The Morgan fingerprint density at radius 1 is 1.15 bits per heavy atom. The second-order valence-corrected chi connectivity index (χ2v) is 6.09. The number of rotatable bonds is 2. The first-order valence-corrected chi connectivity index (χ1v) is 7.48. The second-order valence-electron chi connectivity index (χ2n) is 6.09. The standard InChI is InChI=1S/C16H23N3O/c1-13(2)18-10-8-16(9-11-18)15(20)17-12-19(16)14-6-4-3-5-7-14/h3-7,13H,8-12H2,1-2H3,(H,17,20). The quantitative estimate of drug-likeness (QED) is 0.893. The van der Waals surface area contributed by atoms with E-state index < -0.39 is 0 Å².